The summed E-state index contributed by atoms with van der Waals surface area (Å²) in [4.78, 5) is 0. The lowest BCUT2D eigenvalue weighted by Gasteiger charge is -2.15. The average Bonchev–Trinajstić information content (AvgIpc) is 3.30. The van der Waals surface area contributed by atoms with Gasteiger partial charge < -0.3 is 5.32 Å². The van der Waals surface area contributed by atoms with Crippen molar-refractivity contribution in [3.05, 3.63) is 66.0 Å². The summed E-state index contributed by atoms with van der Waals surface area (Å²) < 4.78 is 0. The maximum Gasteiger partial charge on any atom is 0.0311 e. The quantitative estimate of drug-likeness (QED) is 0.639. The summed E-state index contributed by atoms with van der Waals surface area (Å²) in [5.74, 6) is 1.26. The topological polar surface area (TPSA) is 12.0 Å². The zero-order valence-corrected chi connectivity index (χ0v) is 13.6. The molecule has 0 saturated heterocycles. The van der Waals surface area contributed by atoms with E-state index in [4.69, 9.17) is 0 Å². The Morgan fingerprint density at radius 3 is 2.71 bits per heavy atom. The zero-order chi connectivity index (χ0) is 15.4. The predicted molar refractivity (Wildman–Crippen MR) is 92.9 cm³/mol. The summed E-state index contributed by atoms with van der Waals surface area (Å²) in [6, 6.07) is 8.90. The summed E-state index contributed by atoms with van der Waals surface area (Å²) in [5.41, 5.74) is 5.96. The zero-order valence-electron chi connectivity index (χ0n) is 13.6. The SMILES string of the molecule is C=C(/C=C(\C)c1cccc(C2CC2)c1)NC(=C)C(C)CC. The molecule has 1 aliphatic rings. The molecule has 1 aliphatic carbocycles. The fourth-order valence-electron chi connectivity index (χ4n) is 2.41. The van der Waals surface area contributed by atoms with Gasteiger partial charge in [0, 0.05) is 11.4 Å². The fraction of sp³-hybridized carbons (Fsp3) is 0.400. The number of hydrogen-bond acceptors (Lipinski definition) is 1. The van der Waals surface area contributed by atoms with Gasteiger partial charge in [-0.1, -0.05) is 51.3 Å². The van der Waals surface area contributed by atoms with Crippen LogP contribution in [0.1, 0.15) is 57.1 Å². The highest BCUT2D eigenvalue weighted by molar-refractivity contribution is 5.67. The van der Waals surface area contributed by atoms with Gasteiger partial charge in [0.25, 0.3) is 0 Å². The van der Waals surface area contributed by atoms with E-state index < -0.39 is 0 Å². The molecule has 0 spiro atoms. The lowest BCUT2D eigenvalue weighted by Crippen LogP contribution is -2.15. The van der Waals surface area contributed by atoms with E-state index in [-0.39, 0.29) is 0 Å². The maximum absolute atomic E-state index is 4.10. The maximum atomic E-state index is 4.10. The molecule has 0 bridgehead atoms. The second-order valence-electron chi connectivity index (χ2n) is 6.21. The minimum Gasteiger partial charge on any atom is -0.360 e. The Balaban J connectivity index is 2.04. The first-order valence-corrected chi connectivity index (χ1v) is 7.94. The average molecular weight is 281 g/mol. The smallest absolute Gasteiger partial charge is 0.0311 e. The molecule has 0 aromatic heterocycles. The largest absolute Gasteiger partial charge is 0.360 e. The number of benzene rings is 1. The van der Waals surface area contributed by atoms with Gasteiger partial charge in [-0.3, -0.25) is 0 Å². The van der Waals surface area contributed by atoms with Crippen molar-refractivity contribution in [2.75, 3.05) is 0 Å². The minimum absolute atomic E-state index is 0.466. The Morgan fingerprint density at radius 2 is 2.10 bits per heavy atom. The number of hydrogen-bond donors (Lipinski definition) is 1. The van der Waals surface area contributed by atoms with Gasteiger partial charge in [0.15, 0.2) is 0 Å². The van der Waals surface area contributed by atoms with Gasteiger partial charge in [-0.15, -0.1) is 0 Å². The molecule has 2 rings (SSSR count). The highest BCUT2D eigenvalue weighted by Crippen LogP contribution is 2.40. The van der Waals surface area contributed by atoms with E-state index in [0.29, 0.717) is 5.92 Å². The Kier molecular flexibility index (Phi) is 5.06. The van der Waals surface area contributed by atoms with Gasteiger partial charge in [-0.05, 0) is 60.8 Å². The number of allylic oxidation sites excluding steroid dienone is 3. The predicted octanol–water partition coefficient (Wildman–Crippen LogP) is 5.63. The summed E-state index contributed by atoms with van der Waals surface area (Å²) in [5, 5.41) is 3.32. The number of nitrogens with one attached hydrogen (secondary N) is 1. The Bertz CT molecular complexity index is 561. The van der Waals surface area contributed by atoms with E-state index in [1.54, 1.807) is 0 Å². The van der Waals surface area contributed by atoms with E-state index in [9.17, 15) is 0 Å². The van der Waals surface area contributed by atoms with E-state index in [1.807, 2.05) is 0 Å². The fourth-order valence-corrected chi connectivity index (χ4v) is 2.41. The van der Waals surface area contributed by atoms with Crippen LogP contribution in [-0.4, -0.2) is 0 Å². The second kappa shape index (κ2) is 6.80. The molecule has 1 aromatic carbocycles. The third kappa shape index (κ3) is 4.35. The first kappa shape index (κ1) is 15.6. The lowest BCUT2D eigenvalue weighted by atomic mass is 10.0. The van der Waals surface area contributed by atoms with Crippen LogP contribution in [-0.2, 0) is 0 Å². The minimum atomic E-state index is 0.466. The van der Waals surface area contributed by atoms with Crippen molar-refractivity contribution in [2.24, 2.45) is 5.92 Å². The molecule has 1 aromatic rings. The van der Waals surface area contributed by atoms with Crippen LogP contribution in [0.3, 0.4) is 0 Å². The molecule has 112 valence electrons. The Morgan fingerprint density at radius 1 is 1.38 bits per heavy atom. The molecule has 21 heavy (non-hydrogen) atoms. The molecular formula is C20H27N. The van der Waals surface area contributed by atoms with Gasteiger partial charge >= 0.3 is 0 Å². The Labute approximate surface area is 129 Å². The van der Waals surface area contributed by atoms with Gasteiger partial charge in [0.1, 0.15) is 0 Å². The monoisotopic (exact) mass is 281 g/mol. The van der Waals surface area contributed by atoms with Crippen molar-refractivity contribution in [1.29, 1.82) is 0 Å². The molecule has 1 nitrogen and oxygen atoms in total. The van der Waals surface area contributed by atoms with Crippen LogP contribution in [0, 0.1) is 5.92 Å². The molecule has 0 aliphatic heterocycles. The molecule has 0 heterocycles. The molecule has 1 atom stereocenters. The number of rotatable bonds is 7. The first-order chi connectivity index (χ1) is 10.0. The van der Waals surface area contributed by atoms with Crippen LogP contribution in [0.5, 0.6) is 0 Å². The van der Waals surface area contributed by atoms with Crippen LogP contribution in [0.25, 0.3) is 5.57 Å². The molecule has 1 fully saturated rings. The lowest BCUT2D eigenvalue weighted by molar-refractivity contribution is 0.620. The van der Waals surface area contributed by atoms with Gasteiger partial charge in [0.2, 0.25) is 0 Å². The van der Waals surface area contributed by atoms with Crippen LogP contribution in [0.15, 0.2) is 54.9 Å². The van der Waals surface area contributed by atoms with Crippen molar-refractivity contribution in [2.45, 2.75) is 46.0 Å². The summed E-state index contributed by atoms with van der Waals surface area (Å²) in [6.45, 7) is 14.7. The Hall–Kier alpha value is -1.76. The highest BCUT2D eigenvalue weighted by Gasteiger charge is 2.23. The van der Waals surface area contributed by atoms with Crippen LogP contribution in [0.4, 0.5) is 0 Å². The summed E-state index contributed by atoms with van der Waals surface area (Å²) >= 11 is 0. The molecule has 0 radical (unpaired) electrons. The standard InChI is InChI=1S/C20H27N/c1-6-14(2)17(5)21-16(4)12-15(3)19-8-7-9-20(13-19)18-10-11-18/h7-9,12-14,18,21H,4-6,10-11H2,1-3H3/b15-12+. The van der Waals surface area contributed by atoms with E-state index in [0.717, 1.165) is 23.7 Å². The van der Waals surface area contributed by atoms with Crippen LogP contribution < -0.4 is 5.32 Å². The highest BCUT2D eigenvalue weighted by atomic mass is 14.9. The van der Waals surface area contributed by atoms with Crippen LogP contribution >= 0.6 is 0 Å². The van der Waals surface area contributed by atoms with Crippen molar-refractivity contribution in [3.8, 4) is 0 Å². The summed E-state index contributed by atoms with van der Waals surface area (Å²) in [7, 11) is 0. The van der Waals surface area contributed by atoms with E-state index in [2.05, 4.69) is 69.6 Å². The van der Waals surface area contributed by atoms with Crippen molar-refractivity contribution in [1.82, 2.24) is 5.32 Å². The van der Waals surface area contributed by atoms with Gasteiger partial charge in [-0.2, -0.15) is 0 Å². The summed E-state index contributed by atoms with van der Waals surface area (Å²) in [6.07, 6.45) is 5.88. The van der Waals surface area contributed by atoms with E-state index >= 15 is 0 Å². The normalized spacial score (nSPS) is 16.4. The molecule has 1 N–H and O–H groups in total. The first-order valence-electron chi connectivity index (χ1n) is 7.94. The van der Waals surface area contributed by atoms with Gasteiger partial charge in [-0.25, -0.2) is 0 Å². The van der Waals surface area contributed by atoms with Crippen molar-refractivity contribution < 1.29 is 0 Å². The molecular weight excluding hydrogens is 254 g/mol. The molecule has 1 saturated carbocycles. The molecule has 1 unspecified atom stereocenters. The van der Waals surface area contributed by atoms with Gasteiger partial charge in [0.05, 0.1) is 0 Å². The third-order valence-electron chi connectivity index (χ3n) is 4.31. The second-order valence-corrected chi connectivity index (χ2v) is 6.21. The third-order valence-corrected chi connectivity index (χ3v) is 4.31. The van der Waals surface area contributed by atoms with Crippen molar-refractivity contribution >= 4 is 5.57 Å². The molecule has 0 amide bonds. The van der Waals surface area contributed by atoms with Crippen molar-refractivity contribution in [3.63, 3.8) is 0 Å². The van der Waals surface area contributed by atoms with Crippen LogP contribution in [0.2, 0.25) is 0 Å². The molecule has 1 heteroatoms. The van der Waals surface area contributed by atoms with E-state index in [1.165, 1.54) is 29.5 Å².